The number of likely N-dealkylation sites (tertiary alicyclic amines) is 1. The van der Waals surface area contributed by atoms with E-state index in [9.17, 15) is 4.79 Å². The summed E-state index contributed by atoms with van der Waals surface area (Å²) in [5, 5.41) is 3.39. The summed E-state index contributed by atoms with van der Waals surface area (Å²) in [4.78, 5) is 16.2. The molecule has 1 N–H and O–H groups in total. The molecule has 2 heterocycles. The molecule has 2 aromatic rings. The summed E-state index contributed by atoms with van der Waals surface area (Å²) in [7, 11) is 0. The Morgan fingerprint density at radius 1 is 0.941 bits per heavy atom. The lowest BCUT2D eigenvalue weighted by molar-refractivity contribution is -0.122. The second kappa shape index (κ2) is 11.0. The Hall–Kier alpha value is -1.63. The summed E-state index contributed by atoms with van der Waals surface area (Å²) in [6.07, 6.45) is 12.4. The van der Waals surface area contributed by atoms with Gasteiger partial charge in [-0.3, -0.25) is 9.69 Å². The summed E-state index contributed by atoms with van der Waals surface area (Å²) in [5.74, 6) is 1.18. The summed E-state index contributed by atoms with van der Waals surface area (Å²) in [6.45, 7) is 3.18. The number of hydrogen-bond donors (Lipinski definition) is 1. The zero-order valence-electron chi connectivity index (χ0n) is 19.5. The zero-order valence-corrected chi connectivity index (χ0v) is 22.7. The standard InChI is InChI=1S/C28H32Br2N2O2/c29-20-8-10-25-23(16-20)27(24-17-21(30)9-11-26(24)34-25)28(33)31-22-12-14-32(15-13-22)18-19-6-4-2-1-3-5-7-19/h6,8-11,16-17,22,27H,1-5,7,12-15,18H2,(H,31,33)/b19-6+. The number of fused-ring (bicyclic) bond motifs is 2. The van der Waals surface area contributed by atoms with Gasteiger partial charge in [-0.05, 0) is 74.9 Å². The Morgan fingerprint density at radius 3 is 2.26 bits per heavy atom. The predicted molar refractivity (Wildman–Crippen MR) is 144 cm³/mol. The van der Waals surface area contributed by atoms with Gasteiger partial charge in [0.25, 0.3) is 0 Å². The average Bonchev–Trinajstić information content (AvgIpc) is 2.80. The van der Waals surface area contributed by atoms with Crippen molar-refractivity contribution in [3.63, 3.8) is 0 Å². The lowest BCUT2D eigenvalue weighted by Gasteiger charge is -2.35. The molecule has 1 saturated heterocycles. The van der Waals surface area contributed by atoms with E-state index in [1.807, 2.05) is 36.4 Å². The molecular formula is C28H32Br2N2O2. The fourth-order valence-corrected chi connectivity index (χ4v) is 6.21. The maximum absolute atomic E-state index is 13.7. The monoisotopic (exact) mass is 586 g/mol. The Bertz CT molecular complexity index is 1020. The van der Waals surface area contributed by atoms with Crippen LogP contribution in [0.4, 0.5) is 0 Å². The lowest BCUT2D eigenvalue weighted by atomic mass is 9.86. The van der Waals surface area contributed by atoms with Crippen LogP contribution < -0.4 is 10.1 Å². The molecule has 0 unspecified atom stereocenters. The van der Waals surface area contributed by atoms with E-state index in [-0.39, 0.29) is 17.9 Å². The molecule has 5 rings (SSSR count). The number of nitrogens with one attached hydrogen (secondary N) is 1. The first-order valence-corrected chi connectivity index (χ1v) is 14.1. The lowest BCUT2D eigenvalue weighted by Crippen LogP contribution is -2.46. The molecule has 180 valence electrons. The number of amides is 1. The van der Waals surface area contributed by atoms with Gasteiger partial charge in [-0.15, -0.1) is 0 Å². The molecule has 0 bridgehead atoms. The van der Waals surface area contributed by atoms with Crippen LogP contribution in [0.5, 0.6) is 11.5 Å². The van der Waals surface area contributed by atoms with Crippen molar-refractivity contribution in [2.24, 2.45) is 0 Å². The molecule has 1 amide bonds. The van der Waals surface area contributed by atoms with E-state index in [1.54, 1.807) is 5.57 Å². The molecule has 3 aliphatic rings. The van der Waals surface area contributed by atoms with Crippen molar-refractivity contribution in [2.75, 3.05) is 19.6 Å². The predicted octanol–water partition coefficient (Wildman–Crippen LogP) is 7.31. The average molecular weight is 588 g/mol. The van der Waals surface area contributed by atoms with Gasteiger partial charge < -0.3 is 10.1 Å². The van der Waals surface area contributed by atoms with Crippen LogP contribution in [0, 0.1) is 0 Å². The van der Waals surface area contributed by atoms with Crippen molar-refractivity contribution in [2.45, 2.75) is 63.3 Å². The fourth-order valence-electron chi connectivity index (χ4n) is 5.45. The first-order valence-electron chi connectivity index (χ1n) is 12.5. The second-order valence-corrected chi connectivity index (χ2v) is 11.6. The summed E-state index contributed by atoms with van der Waals surface area (Å²) >= 11 is 7.14. The maximum atomic E-state index is 13.7. The molecule has 2 aliphatic heterocycles. The Balaban J connectivity index is 1.25. The summed E-state index contributed by atoms with van der Waals surface area (Å²) in [5.41, 5.74) is 3.44. The van der Waals surface area contributed by atoms with E-state index in [0.717, 1.165) is 64.0 Å². The van der Waals surface area contributed by atoms with Crippen molar-refractivity contribution < 1.29 is 9.53 Å². The van der Waals surface area contributed by atoms with Crippen molar-refractivity contribution >= 4 is 37.8 Å². The van der Waals surface area contributed by atoms with E-state index in [2.05, 4.69) is 48.2 Å². The number of hydrogen-bond acceptors (Lipinski definition) is 3. The summed E-state index contributed by atoms with van der Waals surface area (Å²) < 4.78 is 8.02. The van der Waals surface area contributed by atoms with Gasteiger partial charge in [0.05, 0.1) is 5.92 Å². The van der Waals surface area contributed by atoms with Crippen LogP contribution in [0.2, 0.25) is 0 Å². The Labute approximate surface area is 219 Å². The third kappa shape index (κ3) is 5.60. The number of carbonyl (C=O) groups is 1. The normalized spacial score (nSPS) is 21.3. The molecule has 6 heteroatoms. The van der Waals surface area contributed by atoms with Gasteiger partial charge in [-0.1, -0.05) is 56.4 Å². The van der Waals surface area contributed by atoms with Crippen molar-refractivity contribution in [3.8, 4) is 11.5 Å². The number of rotatable bonds is 4. The number of benzene rings is 2. The third-order valence-corrected chi connectivity index (χ3v) is 8.28. The topological polar surface area (TPSA) is 41.6 Å². The molecule has 0 radical (unpaired) electrons. The zero-order chi connectivity index (χ0) is 23.5. The van der Waals surface area contributed by atoms with Crippen molar-refractivity contribution in [1.82, 2.24) is 10.2 Å². The molecule has 1 aliphatic carbocycles. The van der Waals surface area contributed by atoms with Gasteiger partial charge in [-0.25, -0.2) is 0 Å². The molecule has 0 aromatic heterocycles. The van der Waals surface area contributed by atoms with Crippen LogP contribution in [0.1, 0.15) is 68.4 Å². The van der Waals surface area contributed by atoms with Gasteiger partial charge >= 0.3 is 0 Å². The smallest absolute Gasteiger partial charge is 0.232 e. The maximum Gasteiger partial charge on any atom is 0.232 e. The summed E-state index contributed by atoms with van der Waals surface area (Å²) in [6, 6.07) is 12.0. The van der Waals surface area contributed by atoms with E-state index in [1.165, 1.54) is 38.5 Å². The van der Waals surface area contributed by atoms with Crippen LogP contribution >= 0.6 is 31.9 Å². The highest BCUT2D eigenvalue weighted by Gasteiger charge is 2.34. The van der Waals surface area contributed by atoms with Gasteiger partial charge in [0.1, 0.15) is 11.5 Å². The second-order valence-electron chi connectivity index (χ2n) is 9.77. The number of halogens is 2. The molecular weight excluding hydrogens is 556 g/mol. The van der Waals surface area contributed by atoms with Gasteiger partial charge in [-0.2, -0.15) is 0 Å². The van der Waals surface area contributed by atoms with Crippen LogP contribution in [-0.2, 0) is 4.79 Å². The molecule has 1 fully saturated rings. The number of ether oxygens (including phenoxy) is 1. The number of nitrogens with zero attached hydrogens (tertiary/aromatic N) is 1. The number of allylic oxidation sites excluding steroid dienone is 1. The van der Waals surface area contributed by atoms with E-state index < -0.39 is 0 Å². The minimum atomic E-state index is -0.383. The minimum Gasteiger partial charge on any atom is -0.457 e. The van der Waals surface area contributed by atoms with Gasteiger partial charge in [0, 0.05) is 45.7 Å². The fraction of sp³-hybridized carbons (Fsp3) is 0.464. The first-order chi connectivity index (χ1) is 16.6. The highest BCUT2D eigenvalue weighted by atomic mass is 79.9. The van der Waals surface area contributed by atoms with Gasteiger partial charge in [0.15, 0.2) is 0 Å². The van der Waals surface area contributed by atoms with Gasteiger partial charge in [0.2, 0.25) is 5.91 Å². The molecule has 4 nitrogen and oxygen atoms in total. The molecule has 34 heavy (non-hydrogen) atoms. The molecule has 2 aromatic carbocycles. The van der Waals surface area contributed by atoms with Crippen LogP contribution in [0.3, 0.4) is 0 Å². The van der Waals surface area contributed by atoms with Crippen LogP contribution in [0.25, 0.3) is 0 Å². The number of carbonyl (C=O) groups excluding carboxylic acids is 1. The molecule has 0 saturated carbocycles. The SMILES string of the molecule is O=C(NC1CCN(C/C2=C/CCCCCC2)CC1)C1c2cc(Br)ccc2Oc2ccc(Br)cc21. The van der Waals surface area contributed by atoms with E-state index in [4.69, 9.17) is 4.74 Å². The van der Waals surface area contributed by atoms with Crippen molar-refractivity contribution in [1.29, 1.82) is 0 Å². The van der Waals surface area contributed by atoms with Crippen LogP contribution in [-0.4, -0.2) is 36.5 Å². The van der Waals surface area contributed by atoms with E-state index >= 15 is 0 Å². The molecule has 0 spiro atoms. The van der Waals surface area contributed by atoms with Crippen molar-refractivity contribution in [3.05, 3.63) is 68.1 Å². The Kier molecular flexibility index (Phi) is 7.77. The first kappa shape index (κ1) is 24.1. The highest BCUT2D eigenvalue weighted by Crippen LogP contribution is 2.46. The largest absolute Gasteiger partial charge is 0.457 e. The van der Waals surface area contributed by atoms with E-state index in [0.29, 0.717) is 0 Å². The van der Waals surface area contributed by atoms with Crippen LogP contribution in [0.15, 0.2) is 57.0 Å². The highest BCUT2D eigenvalue weighted by molar-refractivity contribution is 9.10. The number of piperidine rings is 1. The minimum absolute atomic E-state index is 0.0585. The third-order valence-electron chi connectivity index (χ3n) is 7.29. The quantitative estimate of drug-likeness (QED) is 0.381. The molecule has 0 atom stereocenters. The Morgan fingerprint density at radius 2 is 1.59 bits per heavy atom.